The lowest BCUT2D eigenvalue weighted by Gasteiger charge is -2.39. The highest BCUT2D eigenvalue weighted by Gasteiger charge is 2.27. The lowest BCUT2D eigenvalue weighted by Crippen LogP contribution is -2.49. The molecule has 0 aliphatic carbocycles. The number of piperazine rings is 1. The first kappa shape index (κ1) is 16.5. The van der Waals surface area contributed by atoms with Gasteiger partial charge in [-0.3, -0.25) is 4.90 Å². The summed E-state index contributed by atoms with van der Waals surface area (Å²) in [5.41, 5.74) is 1.47. The Hall–Kier alpha value is -0.900. The number of aliphatic hydroxyl groups is 1. The summed E-state index contributed by atoms with van der Waals surface area (Å²) in [6, 6.07) is 10.7. The zero-order valence-corrected chi connectivity index (χ0v) is 13.6. The van der Waals surface area contributed by atoms with Gasteiger partial charge in [-0.1, -0.05) is 50.6 Å². The third-order valence-electron chi connectivity index (χ3n) is 4.55. The molecule has 0 amide bonds. The Labute approximate surface area is 129 Å². The van der Waals surface area contributed by atoms with Gasteiger partial charge >= 0.3 is 0 Å². The first-order chi connectivity index (χ1) is 10.1. The van der Waals surface area contributed by atoms with Gasteiger partial charge in [-0.2, -0.15) is 0 Å². The fourth-order valence-electron chi connectivity index (χ4n) is 3.30. The molecule has 1 unspecified atom stereocenters. The van der Waals surface area contributed by atoms with Gasteiger partial charge in [0, 0.05) is 51.3 Å². The largest absolute Gasteiger partial charge is 0.396 e. The van der Waals surface area contributed by atoms with Crippen LogP contribution >= 0.6 is 0 Å². The van der Waals surface area contributed by atoms with E-state index in [0.717, 1.165) is 52.1 Å². The van der Waals surface area contributed by atoms with Gasteiger partial charge < -0.3 is 10.0 Å². The summed E-state index contributed by atoms with van der Waals surface area (Å²) in [6.45, 7) is 11.3. The van der Waals surface area contributed by atoms with Crippen molar-refractivity contribution in [2.45, 2.75) is 33.2 Å². The standard InChI is InChI=1S/C18H30N2O/c1-3-9-18(2,16-21)15-20-12-10-19(11-13-20)14-17-7-5-4-6-8-17/h4-8,21H,3,9-16H2,1-2H3. The first-order valence-corrected chi connectivity index (χ1v) is 8.25. The fraction of sp³-hybridized carbons (Fsp3) is 0.667. The predicted octanol–water partition coefficient (Wildman–Crippen LogP) is 2.60. The van der Waals surface area contributed by atoms with Crippen molar-refractivity contribution in [2.75, 3.05) is 39.3 Å². The van der Waals surface area contributed by atoms with Crippen LogP contribution in [0.25, 0.3) is 0 Å². The average Bonchev–Trinajstić information content (AvgIpc) is 2.51. The Balaban J connectivity index is 1.78. The third kappa shape index (κ3) is 5.10. The summed E-state index contributed by atoms with van der Waals surface area (Å²) in [7, 11) is 0. The van der Waals surface area contributed by atoms with Crippen molar-refractivity contribution in [3.05, 3.63) is 35.9 Å². The highest BCUT2D eigenvalue weighted by molar-refractivity contribution is 5.14. The normalized spacial score (nSPS) is 20.3. The molecule has 1 heterocycles. The van der Waals surface area contributed by atoms with Crippen molar-refractivity contribution in [2.24, 2.45) is 5.41 Å². The Bertz CT molecular complexity index is 401. The molecule has 1 fully saturated rings. The number of hydrogen-bond acceptors (Lipinski definition) is 3. The molecule has 0 radical (unpaired) electrons. The lowest BCUT2D eigenvalue weighted by atomic mass is 9.86. The zero-order valence-electron chi connectivity index (χ0n) is 13.6. The van der Waals surface area contributed by atoms with E-state index in [1.54, 1.807) is 0 Å². The van der Waals surface area contributed by atoms with Crippen molar-refractivity contribution in [1.82, 2.24) is 9.80 Å². The van der Waals surface area contributed by atoms with Crippen LogP contribution in [0.3, 0.4) is 0 Å². The molecule has 1 aliphatic heterocycles. The first-order valence-electron chi connectivity index (χ1n) is 8.25. The summed E-state index contributed by atoms with van der Waals surface area (Å²) in [5.74, 6) is 0. The molecule has 1 aromatic carbocycles. The van der Waals surface area contributed by atoms with Crippen LogP contribution in [0.4, 0.5) is 0 Å². The highest BCUT2D eigenvalue weighted by Crippen LogP contribution is 2.24. The molecule has 1 aromatic rings. The van der Waals surface area contributed by atoms with Crippen LogP contribution in [-0.2, 0) is 6.54 Å². The maximum atomic E-state index is 9.66. The van der Waals surface area contributed by atoms with Crippen LogP contribution in [0.5, 0.6) is 0 Å². The monoisotopic (exact) mass is 290 g/mol. The molecule has 0 saturated carbocycles. The lowest BCUT2D eigenvalue weighted by molar-refractivity contribution is 0.0491. The smallest absolute Gasteiger partial charge is 0.0497 e. The minimum atomic E-state index is 0.0658. The van der Waals surface area contributed by atoms with E-state index in [4.69, 9.17) is 0 Å². The van der Waals surface area contributed by atoms with Crippen molar-refractivity contribution in [1.29, 1.82) is 0 Å². The van der Waals surface area contributed by atoms with Crippen molar-refractivity contribution >= 4 is 0 Å². The van der Waals surface area contributed by atoms with Crippen LogP contribution in [0, 0.1) is 5.41 Å². The molecular formula is C18H30N2O. The molecule has 21 heavy (non-hydrogen) atoms. The number of benzene rings is 1. The quantitative estimate of drug-likeness (QED) is 0.836. The highest BCUT2D eigenvalue weighted by atomic mass is 16.3. The van der Waals surface area contributed by atoms with Gasteiger partial charge in [-0.25, -0.2) is 0 Å². The number of nitrogens with zero attached hydrogens (tertiary/aromatic N) is 2. The van der Waals surface area contributed by atoms with E-state index in [9.17, 15) is 5.11 Å². The van der Waals surface area contributed by atoms with E-state index >= 15 is 0 Å². The van der Waals surface area contributed by atoms with Crippen LogP contribution in [0.15, 0.2) is 30.3 Å². The molecule has 0 spiro atoms. The topological polar surface area (TPSA) is 26.7 Å². The van der Waals surface area contributed by atoms with Crippen LogP contribution in [0.1, 0.15) is 32.3 Å². The summed E-state index contributed by atoms with van der Waals surface area (Å²) in [4.78, 5) is 5.05. The van der Waals surface area contributed by atoms with E-state index in [2.05, 4.69) is 54.0 Å². The number of aliphatic hydroxyl groups excluding tert-OH is 1. The van der Waals surface area contributed by atoms with Crippen LogP contribution in [0.2, 0.25) is 0 Å². The van der Waals surface area contributed by atoms with Crippen molar-refractivity contribution < 1.29 is 5.11 Å². The minimum Gasteiger partial charge on any atom is -0.396 e. The fourth-order valence-corrected chi connectivity index (χ4v) is 3.30. The second-order valence-corrected chi connectivity index (χ2v) is 6.76. The summed E-state index contributed by atoms with van der Waals surface area (Å²) >= 11 is 0. The van der Waals surface area contributed by atoms with Gasteiger partial charge in [0.15, 0.2) is 0 Å². The maximum Gasteiger partial charge on any atom is 0.0497 e. The second kappa shape index (κ2) is 7.92. The van der Waals surface area contributed by atoms with Gasteiger partial charge in [0.2, 0.25) is 0 Å². The Morgan fingerprint density at radius 2 is 1.67 bits per heavy atom. The molecule has 1 aliphatic rings. The average molecular weight is 290 g/mol. The molecular weight excluding hydrogens is 260 g/mol. The minimum absolute atomic E-state index is 0.0658. The Kier molecular flexibility index (Phi) is 6.22. The molecule has 3 nitrogen and oxygen atoms in total. The predicted molar refractivity (Wildman–Crippen MR) is 88.3 cm³/mol. The Morgan fingerprint density at radius 3 is 2.24 bits per heavy atom. The van der Waals surface area contributed by atoms with Crippen LogP contribution < -0.4 is 0 Å². The molecule has 1 atom stereocenters. The van der Waals surface area contributed by atoms with E-state index in [0.29, 0.717) is 6.61 Å². The van der Waals surface area contributed by atoms with Crippen molar-refractivity contribution in [3.8, 4) is 0 Å². The van der Waals surface area contributed by atoms with E-state index < -0.39 is 0 Å². The molecule has 1 saturated heterocycles. The van der Waals surface area contributed by atoms with Gasteiger partial charge in [0.1, 0.15) is 0 Å². The SMILES string of the molecule is CCCC(C)(CO)CN1CCN(Cc2ccccc2)CC1. The van der Waals surface area contributed by atoms with E-state index in [1.165, 1.54) is 5.56 Å². The zero-order chi connectivity index (χ0) is 15.1. The Morgan fingerprint density at radius 1 is 1.05 bits per heavy atom. The van der Waals surface area contributed by atoms with E-state index in [-0.39, 0.29) is 5.41 Å². The third-order valence-corrected chi connectivity index (χ3v) is 4.55. The van der Waals surface area contributed by atoms with E-state index in [1.807, 2.05) is 0 Å². The van der Waals surface area contributed by atoms with Gasteiger partial charge in [-0.15, -0.1) is 0 Å². The van der Waals surface area contributed by atoms with Crippen LogP contribution in [-0.4, -0.2) is 54.2 Å². The summed E-state index contributed by atoms with van der Waals surface area (Å²) in [6.07, 6.45) is 2.25. The van der Waals surface area contributed by atoms with Gasteiger partial charge in [-0.05, 0) is 12.0 Å². The number of hydrogen-bond donors (Lipinski definition) is 1. The molecule has 0 aromatic heterocycles. The second-order valence-electron chi connectivity index (χ2n) is 6.76. The molecule has 1 N–H and O–H groups in total. The molecule has 0 bridgehead atoms. The summed E-state index contributed by atoms with van der Waals surface area (Å²) in [5, 5.41) is 9.66. The molecule has 2 rings (SSSR count). The molecule has 118 valence electrons. The maximum absolute atomic E-state index is 9.66. The van der Waals surface area contributed by atoms with Gasteiger partial charge in [0.25, 0.3) is 0 Å². The summed E-state index contributed by atoms with van der Waals surface area (Å²) < 4.78 is 0. The van der Waals surface area contributed by atoms with Crippen molar-refractivity contribution in [3.63, 3.8) is 0 Å². The van der Waals surface area contributed by atoms with Gasteiger partial charge in [0.05, 0.1) is 0 Å². The molecule has 3 heteroatoms. The number of rotatable bonds is 7.